The van der Waals surface area contributed by atoms with Crippen molar-refractivity contribution in [2.45, 2.75) is 26.2 Å². The number of nitriles is 1. The zero-order valence-electron chi connectivity index (χ0n) is 13.1. The largest absolute Gasteiger partial charge is 0.465 e. The number of esters is 2. The molecule has 0 saturated carbocycles. The maximum atomic E-state index is 12.2. The Morgan fingerprint density at radius 1 is 1.26 bits per heavy atom. The van der Waals surface area contributed by atoms with E-state index in [2.05, 4.69) is 11.8 Å². The number of hydrogen-bond donors (Lipinski definition) is 0. The van der Waals surface area contributed by atoms with E-state index in [-0.39, 0.29) is 13.2 Å². The molecule has 0 fully saturated rings. The van der Waals surface area contributed by atoms with Gasteiger partial charge in [0, 0.05) is 16.5 Å². The van der Waals surface area contributed by atoms with Crippen LogP contribution in [0.5, 0.6) is 0 Å². The lowest BCUT2D eigenvalue weighted by Crippen LogP contribution is -2.33. The molecule has 0 N–H and O–H groups in total. The van der Waals surface area contributed by atoms with Crippen LogP contribution in [0.1, 0.15) is 31.9 Å². The number of hydrogen-bond acceptors (Lipinski definition) is 5. The van der Waals surface area contributed by atoms with E-state index < -0.39 is 17.4 Å². The van der Waals surface area contributed by atoms with Crippen molar-refractivity contribution in [1.29, 1.82) is 5.26 Å². The lowest BCUT2D eigenvalue weighted by molar-refractivity contribution is -0.147. The first kappa shape index (κ1) is 18.5. The van der Waals surface area contributed by atoms with Crippen LogP contribution in [0.4, 0.5) is 0 Å². The Morgan fingerprint density at radius 3 is 2.48 bits per heavy atom. The number of benzene rings is 1. The first-order chi connectivity index (χ1) is 10.9. The SMILES string of the molecule is CCOC(=O)C#Cc1cc(Cl)ccc1C(C)(C#N)C(=O)OCC. The summed E-state index contributed by atoms with van der Waals surface area (Å²) >= 11 is 5.94. The van der Waals surface area contributed by atoms with Crippen molar-refractivity contribution in [3.05, 3.63) is 34.3 Å². The van der Waals surface area contributed by atoms with Gasteiger partial charge in [-0.05, 0) is 38.5 Å². The standard InChI is InChI=1S/C17H16ClNO4/c1-4-22-15(20)9-6-12-10-13(18)7-8-14(12)17(3,11-19)16(21)23-5-2/h7-8,10H,4-5H2,1-3H3. The molecule has 0 amide bonds. The molecule has 0 saturated heterocycles. The quantitative estimate of drug-likeness (QED) is 0.625. The Balaban J connectivity index is 3.39. The molecule has 5 nitrogen and oxygen atoms in total. The summed E-state index contributed by atoms with van der Waals surface area (Å²) in [6, 6.07) is 6.50. The van der Waals surface area contributed by atoms with Gasteiger partial charge in [-0.15, -0.1) is 0 Å². The van der Waals surface area contributed by atoms with Gasteiger partial charge in [-0.25, -0.2) is 9.59 Å². The van der Waals surface area contributed by atoms with E-state index in [1.807, 2.05) is 6.07 Å². The van der Waals surface area contributed by atoms with Gasteiger partial charge in [-0.2, -0.15) is 5.26 Å². The number of rotatable bonds is 4. The second-order valence-corrected chi connectivity index (χ2v) is 5.05. The molecule has 0 aliphatic rings. The van der Waals surface area contributed by atoms with Gasteiger partial charge in [0.1, 0.15) is 0 Å². The number of carbonyl (C=O) groups is 2. The van der Waals surface area contributed by atoms with E-state index in [1.165, 1.54) is 19.1 Å². The Morgan fingerprint density at radius 2 is 1.91 bits per heavy atom. The third-order valence-corrected chi connectivity index (χ3v) is 3.24. The molecule has 1 unspecified atom stereocenters. The van der Waals surface area contributed by atoms with Crippen LogP contribution in [0.3, 0.4) is 0 Å². The number of nitrogens with zero attached hydrogens (tertiary/aromatic N) is 1. The Labute approximate surface area is 140 Å². The van der Waals surface area contributed by atoms with Crippen molar-refractivity contribution >= 4 is 23.5 Å². The van der Waals surface area contributed by atoms with Crippen LogP contribution in [-0.2, 0) is 24.5 Å². The lowest BCUT2D eigenvalue weighted by atomic mass is 9.81. The molecular formula is C17H16ClNO4. The summed E-state index contributed by atoms with van der Waals surface area (Å²) in [7, 11) is 0. The molecule has 0 bridgehead atoms. The fourth-order valence-corrected chi connectivity index (χ4v) is 2.00. The fourth-order valence-electron chi connectivity index (χ4n) is 1.83. The highest BCUT2D eigenvalue weighted by Gasteiger charge is 2.39. The molecule has 1 atom stereocenters. The zero-order chi connectivity index (χ0) is 17.5. The first-order valence-corrected chi connectivity index (χ1v) is 7.34. The van der Waals surface area contributed by atoms with Gasteiger partial charge >= 0.3 is 11.9 Å². The van der Waals surface area contributed by atoms with E-state index in [0.717, 1.165) is 0 Å². The Kier molecular flexibility index (Phi) is 6.63. The molecule has 0 aromatic heterocycles. The summed E-state index contributed by atoms with van der Waals surface area (Å²) in [5, 5.41) is 9.83. The molecule has 1 rings (SSSR count). The molecule has 0 aliphatic carbocycles. The Hall–Kier alpha value is -2.50. The molecule has 0 aliphatic heterocycles. The van der Waals surface area contributed by atoms with Gasteiger partial charge in [-0.1, -0.05) is 23.6 Å². The number of carbonyl (C=O) groups excluding carboxylic acids is 2. The van der Waals surface area contributed by atoms with E-state index in [4.69, 9.17) is 21.1 Å². The van der Waals surface area contributed by atoms with E-state index in [1.54, 1.807) is 19.9 Å². The van der Waals surface area contributed by atoms with Crippen LogP contribution >= 0.6 is 11.6 Å². The molecule has 23 heavy (non-hydrogen) atoms. The average molecular weight is 334 g/mol. The monoisotopic (exact) mass is 333 g/mol. The summed E-state index contributed by atoms with van der Waals surface area (Å²) in [5.41, 5.74) is -0.943. The van der Waals surface area contributed by atoms with Crippen LogP contribution in [0, 0.1) is 23.2 Å². The van der Waals surface area contributed by atoms with Gasteiger partial charge in [0.05, 0.1) is 19.3 Å². The third kappa shape index (κ3) is 4.48. The minimum Gasteiger partial charge on any atom is -0.465 e. The highest BCUT2D eigenvalue weighted by atomic mass is 35.5. The average Bonchev–Trinajstić information content (AvgIpc) is 2.52. The minimum absolute atomic E-state index is 0.146. The third-order valence-electron chi connectivity index (χ3n) is 3.00. The van der Waals surface area contributed by atoms with Crippen LogP contribution in [0.2, 0.25) is 5.02 Å². The summed E-state index contributed by atoms with van der Waals surface area (Å²) < 4.78 is 9.70. The number of ether oxygens (including phenoxy) is 2. The van der Waals surface area contributed by atoms with Gasteiger partial charge in [0.2, 0.25) is 0 Å². The Bertz CT molecular complexity index is 712. The molecule has 0 spiro atoms. The first-order valence-electron chi connectivity index (χ1n) is 6.96. The normalized spacial score (nSPS) is 12.1. The van der Waals surface area contributed by atoms with Crippen LogP contribution < -0.4 is 0 Å². The molecule has 6 heteroatoms. The predicted molar refractivity (Wildman–Crippen MR) is 84.6 cm³/mol. The maximum absolute atomic E-state index is 12.2. The molecule has 0 heterocycles. The molecule has 0 radical (unpaired) electrons. The van der Waals surface area contributed by atoms with E-state index >= 15 is 0 Å². The highest BCUT2D eigenvalue weighted by molar-refractivity contribution is 6.30. The lowest BCUT2D eigenvalue weighted by Gasteiger charge is -2.21. The van der Waals surface area contributed by atoms with Crippen molar-refractivity contribution in [1.82, 2.24) is 0 Å². The zero-order valence-corrected chi connectivity index (χ0v) is 13.9. The smallest absolute Gasteiger partial charge is 0.384 e. The van der Waals surface area contributed by atoms with Gasteiger partial charge in [0.25, 0.3) is 0 Å². The van der Waals surface area contributed by atoms with Crippen molar-refractivity contribution in [3.63, 3.8) is 0 Å². The minimum atomic E-state index is -1.56. The molecular weight excluding hydrogens is 318 g/mol. The molecule has 1 aromatic carbocycles. The van der Waals surface area contributed by atoms with Crippen LogP contribution in [0.15, 0.2) is 18.2 Å². The van der Waals surface area contributed by atoms with Gasteiger partial charge < -0.3 is 9.47 Å². The maximum Gasteiger partial charge on any atom is 0.384 e. The second-order valence-electron chi connectivity index (χ2n) is 4.62. The van der Waals surface area contributed by atoms with Crippen molar-refractivity contribution < 1.29 is 19.1 Å². The predicted octanol–water partition coefficient (Wildman–Crippen LogP) is 2.60. The van der Waals surface area contributed by atoms with Crippen LogP contribution in [-0.4, -0.2) is 25.2 Å². The van der Waals surface area contributed by atoms with Crippen molar-refractivity contribution in [2.24, 2.45) is 0 Å². The van der Waals surface area contributed by atoms with Gasteiger partial charge in [0.15, 0.2) is 5.41 Å². The fraction of sp³-hybridized carbons (Fsp3) is 0.353. The molecule has 120 valence electrons. The second kappa shape index (κ2) is 8.22. The summed E-state index contributed by atoms with van der Waals surface area (Å²) in [5.74, 6) is 3.52. The summed E-state index contributed by atoms with van der Waals surface area (Å²) in [6.45, 7) is 5.10. The number of halogens is 1. The van der Waals surface area contributed by atoms with Crippen molar-refractivity contribution in [2.75, 3.05) is 13.2 Å². The van der Waals surface area contributed by atoms with E-state index in [9.17, 15) is 14.9 Å². The van der Waals surface area contributed by atoms with Gasteiger partial charge in [-0.3, -0.25) is 0 Å². The van der Waals surface area contributed by atoms with Crippen LogP contribution in [0.25, 0.3) is 0 Å². The topological polar surface area (TPSA) is 76.4 Å². The molecule has 1 aromatic rings. The summed E-state index contributed by atoms with van der Waals surface area (Å²) in [4.78, 5) is 23.5. The van der Waals surface area contributed by atoms with Crippen molar-refractivity contribution in [3.8, 4) is 17.9 Å². The summed E-state index contributed by atoms with van der Waals surface area (Å²) in [6.07, 6.45) is 0. The van der Waals surface area contributed by atoms with E-state index in [0.29, 0.717) is 16.1 Å². The highest BCUT2D eigenvalue weighted by Crippen LogP contribution is 2.29.